The molecular weight excluding hydrogens is 328 g/mol. The van der Waals surface area contributed by atoms with Crippen molar-refractivity contribution in [2.75, 3.05) is 13.2 Å². The summed E-state index contributed by atoms with van der Waals surface area (Å²) >= 11 is 3.28. The summed E-state index contributed by atoms with van der Waals surface area (Å²) in [5, 5.41) is 23.0. The molecule has 0 bridgehead atoms. The number of benzene rings is 1. The van der Waals surface area contributed by atoms with E-state index >= 15 is 0 Å². The molecule has 6 nitrogen and oxygen atoms in total. The van der Waals surface area contributed by atoms with Gasteiger partial charge in [0.2, 0.25) is 0 Å². The van der Waals surface area contributed by atoms with Crippen LogP contribution >= 0.6 is 15.9 Å². The van der Waals surface area contributed by atoms with Crippen molar-refractivity contribution in [3.8, 4) is 0 Å². The molecule has 1 rings (SSSR count). The van der Waals surface area contributed by atoms with Crippen molar-refractivity contribution in [2.45, 2.75) is 18.9 Å². The number of hydrogen-bond acceptors (Lipinski definition) is 3. The van der Waals surface area contributed by atoms with Crippen LogP contribution in [0, 0.1) is 0 Å². The predicted molar refractivity (Wildman–Crippen MR) is 77.4 cm³/mol. The number of aliphatic hydroxyl groups is 1. The van der Waals surface area contributed by atoms with Gasteiger partial charge in [0.25, 0.3) is 0 Å². The van der Waals surface area contributed by atoms with Gasteiger partial charge in [0.05, 0.1) is 6.61 Å². The molecule has 0 unspecified atom stereocenters. The molecule has 0 aliphatic carbocycles. The number of halogens is 1. The summed E-state index contributed by atoms with van der Waals surface area (Å²) in [7, 11) is 0. The van der Waals surface area contributed by atoms with E-state index in [0.717, 1.165) is 4.47 Å². The molecular formula is C13H17BrN2O4. The fourth-order valence-corrected chi connectivity index (χ4v) is 2.10. The van der Waals surface area contributed by atoms with E-state index in [9.17, 15) is 14.7 Å². The molecule has 0 fully saturated rings. The number of hydrogen-bond donors (Lipinski definition) is 4. The Morgan fingerprint density at radius 1 is 1.30 bits per heavy atom. The lowest BCUT2D eigenvalue weighted by Crippen LogP contribution is -2.54. The molecule has 0 radical (unpaired) electrons. The molecule has 0 spiro atoms. The lowest BCUT2D eigenvalue weighted by molar-refractivity contribution is -0.145. The van der Waals surface area contributed by atoms with Crippen LogP contribution in [0.4, 0.5) is 4.79 Å². The Hall–Kier alpha value is -1.60. The first-order valence-corrected chi connectivity index (χ1v) is 6.92. The first kappa shape index (κ1) is 16.5. The molecule has 4 N–H and O–H groups in total. The van der Waals surface area contributed by atoms with Crippen LogP contribution in [0.3, 0.4) is 0 Å². The molecule has 0 heterocycles. The minimum absolute atomic E-state index is 0.0611. The van der Waals surface area contributed by atoms with Crippen LogP contribution in [0.5, 0.6) is 0 Å². The number of aliphatic carboxylic acids is 1. The Labute approximate surface area is 125 Å². The average Bonchev–Trinajstić information content (AvgIpc) is 2.43. The molecule has 1 atom stereocenters. The highest BCUT2D eigenvalue weighted by Gasteiger charge is 2.40. The summed E-state index contributed by atoms with van der Waals surface area (Å²) < 4.78 is 0.821. The van der Waals surface area contributed by atoms with Crippen LogP contribution in [-0.4, -0.2) is 35.4 Å². The van der Waals surface area contributed by atoms with Gasteiger partial charge in [0, 0.05) is 11.0 Å². The number of aliphatic hydroxyl groups excluding tert-OH is 1. The third-order valence-corrected chi connectivity index (χ3v) is 3.49. The van der Waals surface area contributed by atoms with Gasteiger partial charge in [-0.25, -0.2) is 9.59 Å². The Morgan fingerprint density at radius 2 is 1.90 bits per heavy atom. The summed E-state index contributed by atoms with van der Waals surface area (Å²) in [6.07, 6.45) is 0.191. The van der Waals surface area contributed by atoms with Crippen LogP contribution in [0.2, 0.25) is 0 Å². The van der Waals surface area contributed by atoms with Crippen LogP contribution in [-0.2, 0) is 10.3 Å². The predicted octanol–water partition coefficient (Wildman–Crippen LogP) is 1.43. The van der Waals surface area contributed by atoms with E-state index < -0.39 is 17.5 Å². The van der Waals surface area contributed by atoms with E-state index in [-0.39, 0.29) is 19.6 Å². The first-order valence-electron chi connectivity index (χ1n) is 6.12. The zero-order valence-electron chi connectivity index (χ0n) is 11.0. The number of carboxylic acids is 1. The molecule has 1 aromatic rings. The van der Waals surface area contributed by atoms with E-state index in [1.807, 2.05) is 0 Å². The second-order valence-electron chi connectivity index (χ2n) is 4.18. The maximum absolute atomic E-state index is 11.7. The third-order valence-electron chi connectivity index (χ3n) is 2.96. The van der Waals surface area contributed by atoms with Crippen molar-refractivity contribution in [2.24, 2.45) is 0 Å². The fraction of sp³-hybridized carbons (Fsp3) is 0.385. The van der Waals surface area contributed by atoms with Crippen molar-refractivity contribution >= 4 is 27.9 Å². The van der Waals surface area contributed by atoms with E-state index in [0.29, 0.717) is 5.56 Å². The zero-order valence-corrected chi connectivity index (χ0v) is 12.6. The third kappa shape index (κ3) is 3.71. The lowest BCUT2D eigenvalue weighted by Gasteiger charge is -2.30. The largest absolute Gasteiger partial charge is 0.479 e. The van der Waals surface area contributed by atoms with E-state index in [1.54, 1.807) is 31.2 Å². The number of urea groups is 1. The number of carboxylic acid groups (broad SMARTS) is 1. The Balaban J connectivity index is 3.06. The highest BCUT2D eigenvalue weighted by molar-refractivity contribution is 9.10. The Morgan fingerprint density at radius 3 is 2.35 bits per heavy atom. The van der Waals surface area contributed by atoms with Gasteiger partial charge in [0.15, 0.2) is 5.54 Å². The maximum atomic E-state index is 11.7. The summed E-state index contributed by atoms with van der Waals surface area (Å²) in [6, 6.07) is 6.10. The summed E-state index contributed by atoms with van der Waals surface area (Å²) in [4.78, 5) is 23.4. The highest BCUT2D eigenvalue weighted by atomic mass is 79.9. The molecule has 1 aromatic carbocycles. The van der Waals surface area contributed by atoms with Crippen molar-refractivity contribution in [1.29, 1.82) is 0 Å². The summed E-state index contributed by atoms with van der Waals surface area (Å²) in [5.41, 5.74) is -1.02. The quantitative estimate of drug-likeness (QED) is 0.627. The van der Waals surface area contributed by atoms with Crippen molar-refractivity contribution in [3.05, 3.63) is 34.3 Å². The molecule has 0 aromatic heterocycles. The van der Waals surface area contributed by atoms with E-state index in [2.05, 4.69) is 26.6 Å². The number of amides is 2. The Bertz CT molecular complexity index is 478. The molecule has 110 valence electrons. The number of nitrogens with one attached hydrogen (secondary N) is 2. The minimum Gasteiger partial charge on any atom is -0.479 e. The second kappa shape index (κ2) is 7.25. The zero-order chi connectivity index (χ0) is 15.2. The molecule has 0 saturated carbocycles. The van der Waals surface area contributed by atoms with Crippen molar-refractivity contribution < 1.29 is 19.8 Å². The van der Waals surface area contributed by atoms with Gasteiger partial charge in [-0.1, -0.05) is 35.0 Å². The SMILES string of the molecule is CC[C@](NC(=O)NCCO)(C(=O)O)c1ccc(Br)cc1. The molecule has 7 heteroatoms. The normalized spacial score (nSPS) is 13.3. The molecule has 2 amide bonds. The highest BCUT2D eigenvalue weighted by Crippen LogP contribution is 2.27. The van der Waals surface area contributed by atoms with E-state index in [1.165, 1.54) is 0 Å². The molecule has 20 heavy (non-hydrogen) atoms. The summed E-state index contributed by atoms with van der Waals surface area (Å²) in [6.45, 7) is 1.53. The van der Waals surface area contributed by atoms with Gasteiger partial charge in [0.1, 0.15) is 0 Å². The van der Waals surface area contributed by atoms with Gasteiger partial charge in [-0.2, -0.15) is 0 Å². The topological polar surface area (TPSA) is 98.7 Å². The average molecular weight is 345 g/mol. The number of carbonyl (C=O) groups is 2. The van der Waals surface area contributed by atoms with Gasteiger partial charge >= 0.3 is 12.0 Å². The van der Waals surface area contributed by atoms with Gasteiger partial charge in [-0.15, -0.1) is 0 Å². The second-order valence-corrected chi connectivity index (χ2v) is 5.09. The van der Waals surface area contributed by atoms with Crippen molar-refractivity contribution in [3.63, 3.8) is 0 Å². The monoisotopic (exact) mass is 344 g/mol. The van der Waals surface area contributed by atoms with Crippen LogP contribution in [0.1, 0.15) is 18.9 Å². The van der Waals surface area contributed by atoms with Crippen molar-refractivity contribution in [1.82, 2.24) is 10.6 Å². The van der Waals surface area contributed by atoms with Gasteiger partial charge in [-0.05, 0) is 24.1 Å². The van der Waals surface area contributed by atoms with Gasteiger partial charge < -0.3 is 20.8 Å². The maximum Gasteiger partial charge on any atom is 0.334 e. The smallest absolute Gasteiger partial charge is 0.334 e. The van der Waals surface area contributed by atoms with Crippen LogP contribution < -0.4 is 10.6 Å². The summed E-state index contributed by atoms with van der Waals surface area (Å²) in [5.74, 6) is -1.14. The molecule has 0 aliphatic rings. The Kier molecular flexibility index (Phi) is 5.97. The molecule has 0 aliphatic heterocycles. The van der Waals surface area contributed by atoms with Crippen LogP contribution in [0.15, 0.2) is 28.7 Å². The lowest BCUT2D eigenvalue weighted by atomic mass is 9.87. The van der Waals surface area contributed by atoms with Gasteiger partial charge in [-0.3, -0.25) is 0 Å². The fourth-order valence-electron chi connectivity index (χ4n) is 1.83. The standard InChI is InChI=1S/C13H17BrN2O4/c1-2-13(11(18)19,16-12(20)15-7-8-17)9-3-5-10(14)6-4-9/h3-6,17H,2,7-8H2,1H3,(H,18,19)(H2,15,16,20)/t13-/m1/s1. The number of rotatable bonds is 6. The minimum atomic E-state index is -1.50. The molecule has 0 saturated heterocycles. The van der Waals surface area contributed by atoms with Crippen LogP contribution in [0.25, 0.3) is 0 Å². The first-order chi connectivity index (χ1) is 9.46. The van der Waals surface area contributed by atoms with E-state index in [4.69, 9.17) is 5.11 Å². The number of carbonyl (C=O) groups excluding carboxylic acids is 1.